The highest BCUT2D eigenvalue weighted by molar-refractivity contribution is 7.92. The molecule has 24 heavy (non-hydrogen) atoms. The van der Waals surface area contributed by atoms with Gasteiger partial charge in [0.25, 0.3) is 10.0 Å². The van der Waals surface area contributed by atoms with Crippen LogP contribution in [-0.2, 0) is 10.0 Å². The Morgan fingerprint density at radius 3 is 2.62 bits per heavy atom. The Kier molecular flexibility index (Phi) is 3.31. The number of benzene rings is 1. The van der Waals surface area contributed by atoms with Crippen molar-refractivity contribution in [1.82, 2.24) is 19.4 Å². The van der Waals surface area contributed by atoms with Gasteiger partial charge >= 0.3 is 0 Å². The summed E-state index contributed by atoms with van der Waals surface area (Å²) in [6, 6.07) is 12.8. The van der Waals surface area contributed by atoms with Gasteiger partial charge in [-0.2, -0.15) is 8.42 Å². The van der Waals surface area contributed by atoms with E-state index in [9.17, 15) is 8.42 Å². The summed E-state index contributed by atoms with van der Waals surface area (Å²) in [5, 5.41) is 0.0203. The molecule has 0 bridgehead atoms. The molecule has 2 N–H and O–H groups in total. The van der Waals surface area contributed by atoms with Gasteiger partial charge in [0.1, 0.15) is 5.65 Å². The molecule has 0 saturated carbocycles. The van der Waals surface area contributed by atoms with Crippen LogP contribution in [0.1, 0.15) is 0 Å². The Balaban J connectivity index is 1.61. The van der Waals surface area contributed by atoms with Crippen molar-refractivity contribution in [1.29, 1.82) is 0 Å². The maximum absolute atomic E-state index is 12.1. The van der Waals surface area contributed by atoms with Gasteiger partial charge in [0, 0.05) is 23.6 Å². The quantitative estimate of drug-likeness (QED) is 0.597. The standard InChI is InChI=1S/C16H13N5O2S/c22-24(23,16-9-17-11-18-16)20-13-6-4-12(5-7-13)14-10-21-8-2-1-3-15(21)19-14/h1-11,20H,(H,17,18). The van der Waals surface area contributed by atoms with Crippen molar-refractivity contribution in [3.63, 3.8) is 0 Å². The lowest BCUT2D eigenvalue weighted by Crippen LogP contribution is -2.13. The van der Waals surface area contributed by atoms with Crippen LogP contribution in [0.4, 0.5) is 5.69 Å². The molecule has 0 aliphatic carbocycles. The second kappa shape index (κ2) is 5.50. The Hall–Kier alpha value is -3.13. The van der Waals surface area contributed by atoms with Crippen LogP contribution in [0.25, 0.3) is 16.9 Å². The Labute approximate surface area is 138 Å². The molecule has 0 atom stereocenters. The molecular formula is C16H13N5O2S. The Morgan fingerprint density at radius 2 is 1.92 bits per heavy atom. The highest BCUT2D eigenvalue weighted by Crippen LogP contribution is 2.22. The number of imidazole rings is 2. The number of anilines is 1. The molecule has 0 radical (unpaired) electrons. The monoisotopic (exact) mass is 339 g/mol. The van der Waals surface area contributed by atoms with Gasteiger partial charge in [-0.15, -0.1) is 0 Å². The molecule has 4 aromatic rings. The van der Waals surface area contributed by atoms with E-state index in [1.807, 2.05) is 47.1 Å². The maximum atomic E-state index is 12.1. The molecule has 120 valence electrons. The fraction of sp³-hybridized carbons (Fsp3) is 0. The smallest absolute Gasteiger partial charge is 0.278 e. The molecule has 1 aromatic carbocycles. The van der Waals surface area contributed by atoms with E-state index in [0.29, 0.717) is 5.69 Å². The summed E-state index contributed by atoms with van der Waals surface area (Å²) in [4.78, 5) is 10.8. The molecule has 0 aliphatic heterocycles. The molecule has 0 unspecified atom stereocenters. The van der Waals surface area contributed by atoms with Crippen LogP contribution in [-0.4, -0.2) is 27.8 Å². The largest absolute Gasteiger partial charge is 0.334 e. The number of nitrogens with one attached hydrogen (secondary N) is 2. The number of hydrogen-bond donors (Lipinski definition) is 2. The van der Waals surface area contributed by atoms with E-state index in [1.54, 1.807) is 12.1 Å². The molecule has 0 saturated heterocycles. The fourth-order valence-corrected chi connectivity index (χ4v) is 3.35. The van der Waals surface area contributed by atoms with Gasteiger partial charge in [-0.25, -0.2) is 9.97 Å². The molecule has 0 amide bonds. The fourth-order valence-electron chi connectivity index (χ4n) is 2.38. The second-order valence-electron chi connectivity index (χ2n) is 5.19. The zero-order chi connectivity index (χ0) is 16.6. The van der Waals surface area contributed by atoms with Gasteiger partial charge in [0.05, 0.1) is 18.2 Å². The van der Waals surface area contributed by atoms with Crippen molar-refractivity contribution in [2.24, 2.45) is 0 Å². The van der Waals surface area contributed by atoms with Crippen LogP contribution < -0.4 is 4.72 Å². The molecule has 7 nitrogen and oxygen atoms in total. The molecular weight excluding hydrogens is 326 g/mol. The van der Waals surface area contributed by atoms with Crippen LogP contribution in [0.2, 0.25) is 0 Å². The predicted molar refractivity (Wildman–Crippen MR) is 90.0 cm³/mol. The van der Waals surface area contributed by atoms with Gasteiger partial charge in [-0.1, -0.05) is 18.2 Å². The average Bonchev–Trinajstić information content (AvgIpc) is 3.25. The van der Waals surface area contributed by atoms with Gasteiger partial charge in [-0.3, -0.25) is 4.72 Å². The van der Waals surface area contributed by atoms with Crippen LogP contribution in [0.5, 0.6) is 0 Å². The van der Waals surface area contributed by atoms with E-state index < -0.39 is 10.0 Å². The third kappa shape index (κ3) is 2.63. The van der Waals surface area contributed by atoms with Crippen molar-refractivity contribution < 1.29 is 8.42 Å². The highest BCUT2D eigenvalue weighted by atomic mass is 32.2. The van der Waals surface area contributed by atoms with Gasteiger partial charge < -0.3 is 9.38 Å². The number of aromatic amines is 1. The number of pyridine rings is 1. The highest BCUT2D eigenvalue weighted by Gasteiger charge is 2.15. The average molecular weight is 339 g/mol. The summed E-state index contributed by atoms with van der Waals surface area (Å²) in [7, 11) is -3.66. The lowest BCUT2D eigenvalue weighted by Gasteiger charge is -2.06. The number of rotatable bonds is 4. The summed E-state index contributed by atoms with van der Waals surface area (Å²) < 4.78 is 28.7. The van der Waals surface area contributed by atoms with E-state index in [2.05, 4.69) is 19.7 Å². The Morgan fingerprint density at radius 1 is 1.08 bits per heavy atom. The van der Waals surface area contributed by atoms with Gasteiger partial charge in [0.2, 0.25) is 0 Å². The zero-order valence-corrected chi connectivity index (χ0v) is 13.2. The Bertz CT molecular complexity index is 1050. The van der Waals surface area contributed by atoms with Gasteiger partial charge in [-0.05, 0) is 24.3 Å². The number of sulfonamides is 1. The maximum Gasteiger partial charge on any atom is 0.278 e. The topological polar surface area (TPSA) is 92.2 Å². The lowest BCUT2D eigenvalue weighted by molar-refractivity contribution is 0.598. The van der Waals surface area contributed by atoms with E-state index in [1.165, 1.54) is 12.5 Å². The second-order valence-corrected chi connectivity index (χ2v) is 6.84. The van der Waals surface area contributed by atoms with E-state index in [-0.39, 0.29) is 5.03 Å². The lowest BCUT2D eigenvalue weighted by atomic mass is 10.1. The van der Waals surface area contributed by atoms with Gasteiger partial charge in [0.15, 0.2) is 5.03 Å². The molecule has 8 heteroatoms. The first-order valence-corrected chi connectivity index (χ1v) is 8.65. The zero-order valence-electron chi connectivity index (χ0n) is 12.4. The molecule has 3 aromatic heterocycles. The van der Waals surface area contributed by atoms with E-state index in [0.717, 1.165) is 16.9 Å². The number of nitrogens with zero attached hydrogens (tertiary/aromatic N) is 3. The summed E-state index contributed by atoms with van der Waals surface area (Å²) in [5.41, 5.74) is 3.06. The third-order valence-electron chi connectivity index (χ3n) is 3.56. The summed E-state index contributed by atoms with van der Waals surface area (Å²) in [6.07, 6.45) is 6.44. The summed E-state index contributed by atoms with van der Waals surface area (Å²) in [6.45, 7) is 0. The third-order valence-corrected chi connectivity index (χ3v) is 4.87. The molecule has 0 spiro atoms. The van der Waals surface area contributed by atoms with Crippen LogP contribution in [0.3, 0.4) is 0 Å². The predicted octanol–water partition coefficient (Wildman–Crippen LogP) is 2.53. The minimum atomic E-state index is -3.66. The normalized spacial score (nSPS) is 11.7. The van der Waals surface area contributed by atoms with Crippen LogP contribution >= 0.6 is 0 Å². The van der Waals surface area contributed by atoms with E-state index in [4.69, 9.17) is 0 Å². The minimum absolute atomic E-state index is 0.0203. The number of fused-ring (bicyclic) bond motifs is 1. The molecule has 0 fully saturated rings. The number of H-pyrrole nitrogens is 1. The molecule has 0 aliphatic rings. The first-order valence-electron chi connectivity index (χ1n) is 7.17. The molecule has 3 heterocycles. The number of aromatic nitrogens is 4. The summed E-state index contributed by atoms with van der Waals surface area (Å²) >= 11 is 0. The van der Waals surface area contributed by atoms with Crippen molar-refractivity contribution in [3.8, 4) is 11.3 Å². The first-order chi connectivity index (χ1) is 11.6. The van der Waals surface area contributed by atoms with E-state index >= 15 is 0 Å². The number of hydrogen-bond acceptors (Lipinski definition) is 4. The SMILES string of the molecule is O=S(=O)(Nc1ccc(-c2cn3ccccc3n2)cc1)c1cnc[nH]1. The summed E-state index contributed by atoms with van der Waals surface area (Å²) in [5.74, 6) is 0. The van der Waals surface area contributed by atoms with Crippen molar-refractivity contribution in [2.75, 3.05) is 4.72 Å². The minimum Gasteiger partial charge on any atom is -0.334 e. The molecule has 4 rings (SSSR count). The first kappa shape index (κ1) is 14.5. The van der Waals surface area contributed by atoms with Crippen molar-refractivity contribution >= 4 is 21.4 Å². The van der Waals surface area contributed by atoms with Crippen molar-refractivity contribution in [3.05, 3.63) is 67.4 Å². The van der Waals surface area contributed by atoms with Crippen molar-refractivity contribution in [2.45, 2.75) is 5.03 Å². The van der Waals surface area contributed by atoms with Crippen LogP contribution in [0.15, 0.2) is 72.4 Å². The van der Waals surface area contributed by atoms with Crippen LogP contribution in [0, 0.1) is 0 Å².